The molecule has 212 valence electrons. The number of hydrogen-bond acceptors (Lipinski definition) is 10. The van der Waals surface area contributed by atoms with Crippen molar-refractivity contribution in [3.8, 4) is 29.1 Å². The van der Waals surface area contributed by atoms with Gasteiger partial charge in [0.2, 0.25) is 23.2 Å². The number of para-hydroxylation sites is 1. The van der Waals surface area contributed by atoms with Crippen LogP contribution in [-0.2, 0) is 11.1 Å². The quantitative estimate of drug-likeness (QED) is 0.204. The minimum absolute atomic E-state index is 0.0145. The summed E-state index contributed by atoms with van der Waals surface area (Å²) in [5.41, 5.74) is 0.494. The van der Waals surface area contributed by atoms with E-state index in [-0.39, 0.29) is 17.9 Å². The summed E-state index contributed by atoms with van der Waals surface area (Å²) in [6, 6.07) is 26.1. The van der Waals surface area contributed by atoms with Gasteiger partial charge >= 0.3 is 8.60 Å². The molecule has 1 aromatic carbocycles. The fraction of sp³-hybridized carbons (Fsp3) is 0.0714. The fourth-order valence-electron chi connectivity index (χ4n) is 2.79. The molecular formula is C28H28N4O7P2. The molecule has 2 N–H and O–H groups in total. The Morgan fingerprint density at radius 1 is 0.780 bits per heavy atom. The van der Waals surface area contributed by atoms with Gasteiger partial charge in [-0.2, -0.15) is 0 Å². The minimum atomic E-state index is -1.84. The molecule has 0 radical (unpaired) electrons. The summed E-state index contributed by atoms with van der Waals surface area (Å²) in [7, 11) is 1.78. The van der Waals surface area contributed by atoms with Crippen LogP contribution >= 0.6 is 18.1 Å². The lowest BCUT2D eigenvalue weighted by Gasteiger charge is -2.17. The van der Waals surface area contributed by atoms with Gasteiger partial charge in [-0.25, -0.2) is 15.0 Å². The van der Waals surface area contributed by atoms with Gasteiger partial charge in [-0.1, -0.05) is 36.4 Å². The summed E-state index contributed by atoms with van der Waals surface area (Å²) in [6.45, 7) is 0.0639. The lowest BCUT2D eigenvalue weighted by atomic mass is 10.2. The van der Waals surface area contributed by atoms with Gasteiger partial charge < -0.3 is 28.4 Å². The third-order valence-electron chi connectivity index (χ3n) is 4.68. The molecule has 0 bridgehead atoms. The largest absolute Gasteiger partial charge is 0.504 e. The molecule has 4 aromatic heterocycles. The lowest BCUT2D eigenvalue weighted by Crippen LogP contribution is -2.02. The molecule has 5 rings (SSSR count). The van der Waals surface area contributed by atoms with Crippen molar-refractivity contribution < 1.29 is 27.9 Å². The van der Waals surface area contributed by atoms with E-state index in [4.69, 9.17) is 22.8 Å². The van der Waals surface area contributed by atoms with Crippen molar-refractivity contribution in [1.82, 2.24) is 19.9 Å². The highest BCUT2D eigenvalue weighted by Crippen LogP contribution is 2.42. The normalized spacial score (nSPS) is 9.83. The van der Waals surface area contributed by atoms with E-state index >= 15 is 0 Å². The molecule has 0 aliphatic rings. The van der Waals surface area contributed by atoms with Gasteiger partial charge in [-0.05, 0) is 30.3 Å². The highest BCUT2D eigenvalue weighted by atomic mass is 31.2. The summed E-state index contributed by atoms with van der Waals surface area (Å²) in [4.78, 5) is 24.8. The first kappa shape index (κ1) is 31.0. The molecule has 0 spiro atoms. The van der Waals surface area contributed by atoms with Gasteiger partial charge in [0.05, 0.1) is 23.2 Å². The standard InChI is InChI=1S/C18H17N2O5P.C5H6NOP.C5H5NO/c1-22-15-8-6-7-14(18(15)21)13-23-26(24-16-9-2-4-11-19-16)25-17-10-3-5-12-20-17;8-7-5-3-1-2-4-6-5;7-5-3-1-2-4-6-5/h2-12,21H,13H2,1H3;1-4H,8H2;1-4H,(H,6,7). The predicted octanol–water partition coefficient (Wildman–Crippen LogP) is 5.72. The van der Waals surface area contributed by atoms with Crippen LogP contribution < -0.4 is 23.9 Å². The van der Waals surface area contributed by atoms with Crippen molar-refractivity contribution in [2.75, 3.05) is 7.11 Å². The van der Waals surface area contributed by atoms with Crippen LogP contribution in [0.1, 0.15) is 5.56 Å². The number of phenols is 1. The second kappa shape index (κ2) is 17.9. The number of aromatic amines is 1. The number of nitrogens with zero attached hydrogens (tertiary/aromatic N) is 3. The number of benzene rings is 1. The molecule has 0 fully saturated rings. The van der Waals surface area contributed by atoms with Crippen molar-refractivity contribution in [2.24, 2.45) is 0 Å². The molecule has 41 heavy (non-hydrogen) atoms. The first-order chi connectivity index (χ1) is 20.1. The zero-order valence-corrected chi connectivity index (χ0v) is 24.0. The highest BCUT2D eigenvalue weighted by Gasteiger charge is 2.20. The Labute approximate surface area is 240 Å². The molecule has 0 aliphatic heterocycles. The van der Waals surface area contributed by atoms with E-state index in [1.54, 1.807) is 97.6 Å². The Kier molecular flexibility index (Phi) is 13.5. The van der Waals surface area contributed by atoms with E-state index in [9.17, 15) is 9.90 Å². The van der Waals surface area contributed by atoms with Crippen LogP contribution in [0.15, 0.2) is 121 Å². The van der Waals surface area contributed by atoms with E-state index in [2.05, 4.69) is 29.4 Å². The van der Waals surface area contributed by atoms with Crippen LogP contribution in [0.25, 0.3) is 0 Å². The first-order valence-electron chi connectivity index (χ1n) is 12.0. The Morgan fingerprint density at radius 2 is 1.37 bits per heavy atom. The third-order valence-corrected chi connectivity index (χ3v) is 5.93. The maximum Gasteiger partial charge on any atom is 0.466 e. The Morgan fingerprint density at radius 3 is 1.78 bits per heavy atom. The summed E-state index contributed by atoms with van der Waals surface area (Å²) < 4.78 is 26.9. The van der Waals surface area contributed by atoms with Crippen LogP contribution in [0.3, 0.4) is 0 Å². The average Bonchev–Trinajstić information content (AvgIpc) is 3.03. The second-order valence-corrected chi connectivity index (χ2v) is 8.80. The van der Waals surface area contributed by atoms with Crippen LogP contribution in [-0.4, -0.2) is 32.2 Å². The molecule has 11 nitrogen and oxygen atoms in total. The third kappa shape index (κ3) is 11.6. The number of hydrogen-bond donors (Lipinski definition) is 2. The highest BCUT2D eigenvalue weighted by molar-refractivity contribution is 7.42. The maximum absolute atomic E-state index is 10.2. The number of ether oxygens (including phenoxy) is 1. The van der Waals surface area contributed by atoms with E-state index in [0.717, 1.165) is 0 Å². The second-order valence-electron chi connectivity index (χ2n) is 7.50. The summed E-state index contributed by atoms with van der Waals surface area (Å²) >= 11 is 0. The van der Waals surface area contributed by atoms with Crippen molar-refractivity contribution in [3.63, 3.8) is 0 Å². The molecule has 1 unspecified atom stereocenters. The number of methoxy groups -OCH3 is 1. The molecule has 4 heterocycles. The molecule has 0 saturated heterocycles. The summed E-state index contributed by atoms with van der Waals surface area (Å²) in [6.07, 6.45) is 6.50. The average molecular weight is 595 g/mol. The van der Waals surface area contributed by atoms with E-state index < -0.39 is 8.60 Å². The van der Waals surface area contributed by atoms with Crippen LogP contribution in [0.5, 0.6) is 29.1 Å². The van der Waals surface area contributed by atoms with Crippen molar-refractivity contribution in [2.45, 2.75) is 6.61 Å². The number of phenolic OH excluding ortho intramolecular Hbond substituents is 1. The number of nitrogens with one attached hydrogen (secondary N) is 1. The smallest absolute Gasteiger partial charge is 0.466 e. The van der Waals surface area contributed by atoms with Gasteiger partial charge in [-0.15, -0.1) is 0 Å². The molecular weight excluding hydrogens is 566 g/mol. The van der Waals surface area contributed by atoms with E-state index in [1.807, 2.05) is 12.1 Å². The number of aromatic nitrogens is 4. The molecule has 5 aromatic rings. The van der Waals surface area contributed by atoms with Gasteiger partial charge in [0.1, 0.15) is 0 Å². The predicted molar refractivity (Wildman–Crippen MR) is 158 cm³/mol. The zero-order chi connectivity index (χ0) is 29.1. The van der Waals surface area contributed by atoms with Crippen molar-refractivity contribution in [3.05, 3.63) is 132 Å². The fourth-order valence-corrected chi connectivity index (χ4v) is 3.84. The SMILES string of the molecule is COc1cccc(COP(Oc2ccccn2)Oc2ccccn2)c1O.O=c1cccc[nH]1.POc1ccccn1. The van der Waals surface area contributed by atoms with Crippen LogP contribution in [0, 0.1) is 0 Å². The van der Waals surface area contributed by atoms with Crippen molar-refractivity contribution >= 4 is 18.1 Å². The first-order valence-corrected chi connectivity index (χ1v) is 13.5. The Balaban J connectivity index is 0.000000249. The van der Waals surface area contributed by atoms with Gasteiger partial charge in [0.25, 0.3) is 0 Å². The number of aromatic hydroxyl groups is 1. The van der Waals surface area contributed by atoms with Crippen molar-refractivity contribution in [1.29, 1.82) is 0 Å². The van der Waals surface area contributed by atoms with Crippen LogP contribution in [0.4, 0.5) is 0 Å². The monoisotopic (exact) mass is 594 g/mol. The van der Waals surface area contributed by atoms with Gasteiger partial charge in [-0.3, -0.25) is 9.32 Å². The van der Waals surface area contributed by atoms with Gasteiger partial charge in [0, 0.05) is 54.6 Å². The van der Waals surface area contributed by atoms with Gasteiger partial charge in [0.15, 0.2) is 11.5 Å². The minimum Gasteiger partial charge on any atom is -0.504 e. The maximum atomic E-state index is 10.2. The van der Waals surface area contributed by atoms with E-state index in [1.165, 1.54) is 13.2 Å². The zero-order valence-electron chi connectivity index (χ0n) is 21.9. The molecule has 1 atom stereocenters. The number of pyridine rings is 4. The van der Waals surface area contributed by atoms with E-state index in [0.29, 0.717) is 29.0 Å². The molecule has 0 saturated carbocycles. The Bertz CT molecular complexity index is 1410. The topological polar surface area (TPSA) is 138 Å². The molecule has 0 amide bonds. The summed E-state index contributed by atoms with van der Waals surface area (Å²) in [5, 5.41) is 10.2. The summed E-state index contributed by atoms with van der Waals surface area (Å²) in [5.74, 6) is 1.73. The number of rotatable bonds is 9. The lowest BCUT2D eigenvalue weighted by molar-refractivity contribution is 0.247. The Hall–Kier alpha value is -4.56. The number of H-pyrrole nitrogens is 1. The molecule has 13 heteroatoms. The van der Waals surface area contributed by atoms with Crippen LogP contribution in [0.2, 0.25) is 0 Å². The molecule has 0 aliphatic carbocycles.